The van der Waals surface area contributed by atoms with Gasteiger partial charge in [0.05, 0.1) is 0 Å². The van der Waals surface area contributed by atoms with Gasteiger partial charge >= 0.3 is 0 Å². The fraction of sp³-hybridized carbons (Fsp3) is 0.353. The summed E-state index contributed by atoms with van der Waals surface area (Å²) in [5, 5.41) is 5.88. The third-order valence-corrected chi connectivity index (χ3v) is 4.96. The van der Waals surface area contributed by atoms with Crippen molar-refractivity contribution >= 4 is 28.8 Å². The molecule has 1 aliphatic rings. The van der Waals surface area contributed by atoms with Gasteiger partial charge in [-0.2, -0.15) is 0 Å². The predicted octanol–water partition coefficient (Wildman–Crippen LogP) is 3.01. The third-order valence-electron chi connectivity index (χ3n) is 4.14. The number of amides is 2. The summed E-state index contributed by atoms with van der Waals surface area (Å²) < 4.78 is 0. The first-order chi connectivity index (χ1) is 11.1. The van der Waals surface area contributed by atoms with Gasteiger partial charge in [-0.05, 0) is 37.1 Å². The first kappa shape index (κ1) is 15.7. The molecule has 0 radical (unpaired) electrons. The lowest BCUT2D eigenvalue weighted by atomic mass is 9.96. The van der Waals surface area contributed by atoms with Crippen LogP contribution in [0.1, 0.15) is 19.8 Å². The number of nitrogens with one attached hydrogen (secondary N) is 1. The Kier molecular flexibility index (Phi) is 4.71. The van der Waals surface area contributed by atoms with E-state index < -0.39 is 0 Å². The smallest absolute Gasteiger partial charge is 0.227 e. The Labute approximate surface area is 139 Å². The second-order valence-electron chi connectivity index (χ2n) is 5.68. The lowest BCUT2D eigenvalue weighted by Crippen LogP contribution is -2.40. The molecule has 0 unspecified atom stereocenters. The van der Waals surface area contributed by atoms with E-state index in [0.717, 1.165) is 29.1 Å². The topological polar surface area (TPSA) is 62.3 Å². The number of rotatable bonds is 3. The van der Waals surface area contributed by atoms with Crippen molar-refractivity contribution in [3.63, 3.8) is 0 Å². The van der Waals surface area contributed by atoms with Crippen molar-refractivity contribution in [2.75, 3.05) is 18.4 Å². The summed E-state index contributed by atoms with van der Waals surface area (Å²) in [4.78, 5) is 29.7. The minimum absolute atomic E-state index is 0.0239. The van der Waals surface area contributed by atoms with Crippen LogP contribution in [0.4, 0.5) is 5.69 Å². The zero-order valence-electron chi connectivity index (χ0n) is 13.0. The van der Waals surface area contributed by atoms with E-state index in [1.807, 2.05) is 29.6 Å². The van der Waals surface area contributed by atoms with Crippen LogP contribution < -0.4 is 5.32 Å². The molecule has 1 aromatic heterocycles. The van der Waals surface area contributed by atoms with Crippen LogP contribution in [0.2, 0.25) is 0 Å². The second-order valence-corrected chi connectivity index (χ2v) is 6.58. The SMILES string of the molecule is CC(=O)N1CCC(C(=O)Nc2ccc(-c3nccs3)cc2)CC1. The van der Waals surface area contributed by atoms with E-state index in [0.29, 0.717) is 13.1 Å². The molecule has 0 aliphatic carbocycles. The van der Waals surface area contributed by atoms with E-state index in [1.54, 1.807) is 29.4 Å². The maximum atomic E-state index is 12.3. The van der Waals surface area contributed by atoms with E-state index >= 15 is 0 Å². The molecule has 6 heteroatoms. The van der Waals surface area contributed by atoms with Gasteiger partial charge in [0, 0.05) is 48.8 Å². The molecule has 1 saturated heterocycles. The van der Waals surface area contributed by atoms with Gasteiger partial charge in [0.25, 0.3) is 0 Å². The summed E-state index contributed by atoms with van der Waals surface area (Å²) in [6.45, 7) is 2.90. The van der Waals surface area contributed by atoms with Gasteiger partial charge in [-0.1, -0.05) is 0 Å². The third kappa shape index (κ3) is 3.76. The number of aromatic nitrogens is 1. The lowest BCUT2D eigenvalue weighted by molar-refractivity contribution is -0.132. The highest BCUT2D eigenvalue weighted by Gasteiger charge is 2.25. The zero-order valence-corrected chi connectivity index (χ0v) is 13.8. The average Bonchev–Trinajstić information content (AvgIpc) is 3.10. The fourth-order valence-corrected chi connectivity index (χ4v) is 3.41. The van der Waals surface area contributed by atoms with Gasteiger partial charge in [0.1, 0.15) is 5.01 Å². The number of likely N-dealkylation sites (tertiary alicyclic amines) is 1. The number of thiazole rings is 1. The van der Waals surface area contributed by atoms with Crippen LogP contribution in [-0.2, 0) is 9.59 Å². The number of piperidine rings is 1. The standard InChI is InChI=1S/C17H19N3O2S/c1-12(21)20-9-6-13(7-10-20)16(22)19-15-4-2-14(3-5-15)17-18-8-11-23-17/h2-5,8,11,13H,6-7,9-10H2,1H3,(H,19,22). The van der Waals surface area contributed by atoms with Gasteiger partial charge in [-0.3, -0.25) is 9.59 Å². The predicted molar refractivity (Wildman–Crippen MR) is 91.2 cm³/mol. The second kappa shape index (κ2) is 6.91. The fourth-order valence-electron chi connectivity index (χ4n) is 2.76. The molecule has 0 atom stereocenters. The zero-order chi connectivity index (χ0) is 16.2. The summed E-state index contributed by atoms with van der Waals surface area (Å²) >= 11 is 1.59. The summed E-state index contributed by atoms with van der Waals surface area (Å²) in [7, 11) is 0. The average molecular weight is 329 g/mol. The Balaban J connectivity index is 1.57. The maximum Gasteiger partial charge on any atom is 0.227 e. The molecule has 1 aliphatic heterocycles. The largest absolute Gasteiger partial charge is 0.343 e. The van der Waals surface area contributed by atoms with Crippen LogP contribution in [0.25, 0.3) is 10.6 Å². The first-order valence-electron chi connectivity index (χ1n) is 7.70. The molecular formula is C17H19N3O2S. The number of carbonyl (C=O) groups is 2. The quantitative estimate of drug-likeness (QED) is 0.941. The molecule has 5 nitrogen and oxygen atoms in total. The maximum absolute atomic E-state index is 12.3. The van der Waals surface area contributed by atoms with E-state index in [-0.39, 0.29) is 17.7 Å². The Bertz CT molecular complexity index is 674. The Morgan fingerprint density at radius 3 is 2.48 bits per heavy atom. The molecule has 2 heterocycles. The van der Waals surface area contributed by atoms with E-state index in [4.69, 9.17) is 0 Å². The Morgan fingerprint density at radius 1 is 1.22 bits per heavy atom. The highest BCUT2D eigenvalue weighted by molar-refractivity contribution is 7.13. The molecule has 2 amide bonds. The number of nitrogens with zero attached hydrogens (tertiary/aromatic N) is 2. The van der Waals surface area contributed by atoms with Gasteiger partial charge in [0.15, 0.2) is 0 Å². The molecule has 2 aromatic rings. The highest BCUT2D eigenvalue weighted by atomic mass is 32.1. The van der Waals surface area contributed by atoms with Gasteiger partial charge in [-0.25, -0.2) is 4.98 Å². The molecule has 1 N–H and O–H groups in total. The van der Waals surface area contributed by atoms with Crippen molar-refractivity contribution in [3.8, 4) is 10.6 Å². The number of hydrogen-bond acceptors (Lipinski definition) is 4. The van der Waals surface area contributed by atoms with Crippen LogP contribution in [0.5, 0.6) is 0 Å². The van der Waals surface area contributed by atoms with Crippen LogP contribution in [0, 0.1) is 5.92 Å². The molecule has 1 fully saturated rings. The number of benzene rings is 1. The van der Waals surface area contributed by atoms with Crippen molar-refractivity contribution in [2.24, 2.45) is 5.92 Å². The van der Waals surface area contributed by atoms with Crippen molar-refractivity contribution < 1.29 is 9.59 Å². The van der Waals surface area contributed by atoms with Gasteiger partial charge < -0.3 is 10.2 Å². The Morgan fingerprint density at radius 2 is 1.91 bits per heavy atom. The summed E-state index contributed by atoms with van der Waals surface area (Å²) in [6, 6.07) is 7.73. The van der Waals surface area contributed by atoms with Crippen molar-refractivity contribution in [3.05, 3.63) is 35.8 Å². The van der Waals surface area contributed by atoms with Crippen LogP contribution in [0.15, 0.2) is 35.8 Å². The highest BCUT2D eigenvalue weighted by Crippen LogP contribution is 2.24. The molecule has 0 bridgehead atoms. The van der Waals surface area contributed by atoms with E-state index in [1.165, 1.54) is 0 Å². The Hall–Kier alpha value is -2.21. The normalized spacial score (nSPS) is 15.4. The minimum Gasteiger partial charge on any atom is -0.343 e. The van der Waals surface area contributed by atoms with Crippen molar-refractivity contribution in [2.45, 2.75) is 19.8 Å². The van der Waals surface area contributed by atoms with Crippen LogP contribution in [-0.4, -0.2) is 34.8 Å². The molecule has 0 spiro atoms. The lowest BCUT2D eigenvalue weighted by Gasteiger charge is -2.30. The van der Waals surface area contributed by atoms with Crippen molar-refractivity contribution in [1.29, 1.82) is 0 Å². The molecule has 120 valence electrons. The molecule has 23 heavy (non-hydrogen) atoms. The van der Waals surface area contributed by atoms with Gasteiger partial charge in [-0.15, -0.1) is 11.3 Å². The summed E-state index contributed by atoms with van der Waals surface area (Å²) in [6.07, 6.45) is 3.23. The summed E-state index contributed by atoms with van der Waals surface area (Å²) in [5.74, 6) is 0.0982. The van der Waals surface area contributed by atoms with Crippen molar-refractivity contribution in [1.82, 2.24) is 9.88 Å². The number of hydrogen-bond donors (Lipinski definition) is 1. The van der Waals surface area contributed by atoms with E-state index in [2.05, 4.69) is 10.3 Å². The number of carbonyl (C=O) groups excluding carboxylic acids is 2. The number of anilines is 1. The van der Waals surface area contributed by atoms with Crippen LogP contribution in [0.3, 0.4) is 0 Å². The van der Waals surface area contributed by atoms with Crippen LogP contribution >= 0.6 is 11.3 Å². The molecule has 1 aromatic carbocycles. The molecule has 3 rings (SSSR count). The van der Waals surface area contributed by atoms with E-state index in [9.17, 15) is 9.59 Å². The molecular weight excluding hydrogens is 310 g/mol. The first-order valence-corrected chi connectivity index (χ1v) is 8.58. The summed E-state index contributed by atoms with van der Waals surface area (Å²) in [5.41, 5.74) is 1.84. The minimum atomic E-state index is -0.0239. The van der Waals surface area contributed by atoms with Gasteiger partial charge in [0.2, 0.25) is 11.8 Å². The monoisotopic (exact) mass is 329 g/mol. The molecule has 0 saturated carbocycles.